The van der Waals surface area contributed by atoms with Gasteiger partial charge in [0, 0.05) is 50.0 Å². The minimum absolute atomic E-state index is 0. The summed E-state index contributed by atoms with van der Waals surface area (Å²) in [7, 11) is 1.91. The van der Waals surface area contributed by atoms with Crippen molar-refractivity contribution in [3.8, 4) is 0 Å². The third-order valence-corrected chi connectivity index (χ3v) is 10.6. The lowest BCUT2D eigenvalue weighted by Crippen LogP contribution is -2.50. The highest BCUT2D eigenvalue weighted by Crippen LogP contribution is 2.41. The van der Waals surface area contributed by atoms with Gasteiger partial charge in [0.05, 0.1) is 10.0 Å². The standard InChI is InChI=1S/C36H43Cl2N3O2.ClH.H2O/c1-28(42)39(2)26-36(30-13-7-4-8-14-30)19-23-40(24-20-36)21-9-17-35(31-15-16-32(37)33(38)25-31)18-10-22-41(27-35)34(43)29-11-5-3-6-12-29;;/h3-8,11-16,25H,9-10,17-24,26-27H2,1-2H3;1H;1H2. The molecule has 2 saturated heterocycles. The molecule has 1 atom stereocenters. The van der Waals surface area contributed by atoms with E-state index in [2.05, 4.69) is 41.3 Å². The maximum Gasteiger partial charge on any atom is 0.253 e. The molecule has 3 aromatic carbocycles. The third kappa shape index (κ3) is 8.60. The molecule has 0 spiro atoms. The minimum Gasteiger partial charge on any atom is -0.412 e. The Morgan fingerprint density at radius 3 is 2.09 bits per heavy atom. The molecule has 2 aliphatic rings. The SMILES string of the molecule is CC(=O)N(C)CC1(c2ccccc2)CCN(CCCC2(c3ccc(Cl)c(Cl)c3)CCCN(C(=O)c3ccccc3)C2)CC1.Cl.O. The van der Waals surface area contributed by atoms with E-state index in [1.807, 2.05) is 59.3 Å². The maximum atomic E-state index is 13.5. The molecule has 45 heavy (non-hydrogen) atoms. The molecule has 2 heterocycles. The lowest BCUT2D eigenvalue weighted by atomic mass is 9.70. The number of hydrogen-bond acceptors (Lipinski definition) is 3. The van der Waals surface area contributed by atoms with Gasteiger partial charge in [0.1, 0.15) is 0 Å². The largest absolute Gasteiger partial charge is 0.412 e. The summed E-state index contributed by atoms with van der Waals surface area (Å²) in [6, 6.07) is 26.3. The predicted molar refractivity (Wildman–Crippen MR) is 187 cm³/mol. The van der Waals surface area contributed by atoms with Crippen molar-refractivity contribution in [3.63, 3.8) is 0 Å². The summed E-state index contributed by atoms with van der Waals surface area (Å²) in [5, 5.41) is 1.12. The first-order valence-corrected chi connectivity index (χ1v) is 16.3. The van der Waals surface area contributed by atoms with Crippen molar-refractivity contribution < 1.29 is 15.1 Å². The van der Waals surface area contributed by atoms with Gasteiger partial charge in [0.2, 0.25) is 5.91 Å². The van der Waals surface area contributed by atoms with Crippen LogP contribution in [-0.2, 0) is 15.6 Å². The zero-order valence-corrected chi connectivity index (χ0v) is 28.6. The van der Waals surface area contributed by atoms with Crippen LogP contribution in [0.3, 0.4) is 0 Å². The zero-order valence-electron chi connectivity index (χ0n) is 26.3. The lowest BCUT2D eigenvalue weighted by molar-refractivity contribution is -0.128. The first kappa shape index (κ1) is 36.9. The van der Waals surface area contributed by atoms with Gasteiger partial charge in [-0.1, -0.05) is 77.8 Å². The van der Waals surface area contributed by atoms with Gasteiger partial charge in [-0.2, -0.15) is 0 Å². The fraction of sp³-hybridized carbons (Fsp3) is 0.444. The summed E-state index contributed by atoms with van der Waals surface area (Å²) in [5.74, 6) is 0.200. The van der Waals surface area contributed by atoms with Crippen LogP contribution in [0.5, 0.6) is 0 Å². The molecule has 0 radical (unpaired) electrons. The van der Waals surface area contributed by atoms with E-state index < -0.39 is 0 Å². The van der Waals surface area contributed by atoms with Crippen molar-refractivity contribution in [1.82, 2.24) is 14.7 Å². The number of likely N-dealkylation sites (tertiary alicyclic amines) is 2. The van der Waals surface area contributed by atoms with Crippen LogP contribution in [0.15, 0.2) is 78.9 Å². The first-order chi connectivity index (χ1) is 20.7. The highest BCUT2D eigenvalue weighted by Gasteiger charge is 2.40. The molecule has 0 aromatic heterocycles. The number of rotatable bonds is 9. The van der Waals surface area contributed by atoms with Crippen LogP contribution < -0.4 is 0 Å². The molecular weight excluding hydrogens is 629 g/mol. The van der Waals surface area contributed by atoms with Crippen LogP contribution in [0.1, 0.15) is 66.9 Å². The number of likely N-dealkylation sites (N-methyl/N-ethyl adjacent to an activating group) is 1. The van der Waals surface area contributed by atoms with Crippen LogP contribution in [0.2, 0.25) is 10.0 Å². The molecule has 2 amide bonds. The Hall–Kier alpha value is -2.61. The van der Waals surface area contributed by atoms with Gasteiger partial charge < -0.3 is 20.2 Å². The second-order valence-corrected chi connectivity index (χ2v) is 13.4. The summed E-state index contributed by atoms with van der Waals surface area (Å²) >= 11 is 12.9. The molecule has 1 unspecified atom stereocenters. The van der Waals surface area contributed by atoms with Crippen LogP contribution >= 0.6 is 35.6 Å². The second kappa shape index (κ2) is 16.3. The van der Waals surface area contributed by atoms with E-state index in [1.54, 1.807) is 6.92 Å². The molecule has 0 aliphatic carbocycles. The summed E-state index contributed by atoms with van der Waals surface area (Å²) in [5.41, 5.74) is 3.03. The maximum absolute atomic E-state index is 13.5. The third-order valence-electron chi connectivity index (χ3n) is 9.82. The van der Waals surface area contributed by atoms with Crippen molar-refractivity contribution >= 4 is 47.4 Å². The predicted octanol–water partition coefficient (Wildman–Crippen LogP) is 7.06. The number of nitrogens with zero attached hydrogens (tertiary/aromatic N) is 3. The van der Waals surface area contributed by atoms with E-state index in [4.69, 9.17) is 23.2 Å². The Labute approximate surface area is 284 Å². The van der Waals surface area contributed by atoms with E-state index in [1.165, 1.54) is 11.1 Å². The number of carbonyl (C=O) groups excluding carboxylic acids is 2. The average Bonchev–Trinajstić information content (AvgIpc) is 3.03. The molecule has 9 heteroatoms. The van der Waals surface area contributed by atoms with E-state index in [-0.39, 0.29) is 40.5 Å². The first-order valence-electron chi connectivity index (χ1n) is 15.5. The van der Waals surface area contributed by atoms with Gasteiger partial charge in [-0.05, 0) is 93.6 Å². The van der Waals surface area contributed by atoms with Crippen LogP contribution in [0.4, 0.5) is 0 Å². The minimum atomic E-state index is -0.176. The van der Waals surface area contributed by atoms with Crippen LogP contribution in [-0.4, -0.2) is 78.3 Å². The molecule has 2 fully saturated rings. The number of piperidine rings is 2. The molecule has 0 bridgehead atoms. The smallest absolute Gasteiger partial charge is 0.253 e. The van der Waals surface area contributed by atoms with Gasteiger partial charge in [-0.25, -0.2) is 0 Å². The quantitative estimate of drug-likeness (QED) is 0.244. The van der Waals surface area contributed by atoms with Crippen molar-refractivity contribution in [3.05, 3.63) is 106 Å². The molecular formula is C36H46Cl3N3O3. The molecule has 0 saturated carbocycles. The van der Waals surface area contributed by atoms with Crippen molar-refractivity contribution in [2.24, 2.45) is 0 Å². The van der Waals surface area contributed by atoms with E-state index >= 15 is 0 Å². The van der Waals surface area contributed by atoms with Crippen molar-refractivity contribution in [2.75, 3.05) is 46.3 Å². The number of carbonyl (C=O) groups is 2. The zero-order chi connectivity index (χ0) is 30.5. The van der Waals surface area contributed by atoms with Crippen molar-refractivity contribution in [1.29, 1.82) is 0 Å². The van der Waals surface area contributed by atoms with E-state index in [9.17, 15) is 9.59 Å². The van der Waals surface area contributed by atoms with Gasteiger partial charge in [0.15, 0.2) is 0 Å². The molecule has 3 aromatic rings. The Bertz CT molecular complexity index is 1400. The van der Waals surface area contributed by atoms with Crippen LogP contribution in [0.25, 0.3) is 0 Å². The summed E-state index contributed by atoms with van der Waals surface area (Å²) in [4.78, 5) is 32.1. The molecule has 244 valence electrons. The molecule has 5 rings (SSSR count). The van der Waals surface area contributed by atoms with Gasteiger partial charge in [0.25, 0.3) is 5.91 Å². The molecule has 6 nitrogen and oxygen atoms in total. The fourth-order valence-electron chi connectivity index (χ4n) is 7.22. The molecule has 2 N–H and O–H groups in total. The Morgan fingerprint density at radius 2 is 1.47 bits per heavy atom. The Balaban J connectivity index is 0.00000276. The van der Waals surface area contributed by atoms with E-state index in [0.717, 1.165) is 76.8 Å². The molecule has 2 aliphatic heterocycles. The van der Waals surface area contributed by atoms with Gasteiger partial charge >= 0.3 is 0 Å². The number of benzene rings is 3. The summed E-state index contributed by atoms with van der Waals surface area (Å²) in [6.45, 7) is 6.83. The Kier molecular flexibility index (Phi) is 13.3. The van der Waals surface area contributed by atoms with Gasteiger partial charge in [-0.15, -0.1) is 12.4 Å². The lowest BCUT2D eigenvalue weighted by Gasteiger charge is -2.45. The Morgan fingerprint density at radius 1 is 0.822 bits per heavy atom. The highest BCUT2D eigenvalue weighted by atomic mass is 35.5. The topological polar surface area (TPSA) is 75.4 Å². The van der Waals surface area contributed by atoms with Crippen molar-refractivity contribution in [2.45, 2.75) is 56.3 Å². The normalized spacial score (nSPS) is 19.6. The monoisotopic (exact) mass is 673 g/mol. The second-order valence-electron chi connectivity index (χ2n) is 12.6. The number of hydrogen-bond donors (Lipinski definition) is 0. The van der Waals surface area contributed by atoms with E-state index in [0.29, 0.717) is 16.6 Å². The fourth-order valence-corrected chi connectivity index (χ4v) is 7.52. The number of amides is 2. The highest BCUT2D eigenvalue weighted by molar-refractivity contribution is 6.42. The summed E-state index contributed by atoms with van der Waals surface area (Å²) in [6.07, 6.45) is 6.00. The summed E-state index contributed by atoms with van der Waals surface area (Å²) < 4.78 is 0. The van der Waals surface area contributed by atoms with Gasteiger partial charge in [-0.3, -0.25) is 9.59 Å². The van der Waals surface area contributed by atoms with Crippen LogP contribution in [0, 0.1) is 0 Å². The average molecular weight is 675 g/mol. The number of halogens is 3.